The summed E-state index contributed by atoms with van der Waals surface area (Å²) in [5.74, 6) is 0.650. The third kappa shape index (κ3) is 2.27. The molecule has 2 aromatic rings. The first kappa shape index (κ1) is 12.3. The van der Waals surface area contributed by atoms with Crippen molar-refractivity contribution in [3.8, 4) is 5.75 Å². The second-order valence-corrected chi connectivity index (χ2v) is 4.27. The van der Waals surface area contributed by atoms with Gasteiger partial charge in [-0.25, -0.2) is 4.98 Å². The van der Waals surface area contributed by atoms with Gasteiger partial charge in [0.1, 0.15) is 11.4 Å². The van der Waals surface area contributed by atoms with Crippen molar-refractivity contribution in [3.05, 3.63) is 22.1 Å². The lowest BCUT2D eigenvalue weighted by atomic mass is 10.2. The minimum absolute atomic E-state index is 0.0303. The molecule has 2 aromatic heterocycles. The first-order chi connectivity index (χ1) is 8.51. The minimum Gasteiger partial charge on any atom is -0.490 e. The molecule has 0 unspecified atom stereocenters. The van der Waals surface area contributed by atoms with Crippen LogP contribution in [0.1, 0.15) is 26.5 Å². The minimum atomic E-state index is -0.265. The van der Waals surface area contributed by atoms with Gasteiger partial charge in [-0.1, -0.05) is 6.92 Å². The summed E-state index contributed by atoms with van der Waals surface area (Å²) in [6.45, 7) is 5.76. The number of rotatable bonds is 3. The van der Waals surface area contributed by atoms with Crippen molar-refractivity contribution in [1.29, 1.82) is 0 Å². The Morgan fingerprint density at radius 2 is 2.17 bits per heavy atom. The first-order valence-corrected chi connectivity index (χ1v) is 5.87. The Kier molecular flexibility index (Phi) is 3.18. The molecule has 0 fully saturated rings. The Balaban J connectivity index is 2.79. The van der Waals surface area contributed by atoms with Crippen LogP contribution in [0.3, 0.4) is 0 Å². The van der Waals surface area contributed by atoms with Gasteiger partial charge in [-0.05, 0) is 20.3 Å². The van der Waals surface area contributed by atoms with Crippen molar-refractivity contribution in [2.45, 2.75) is 33.3 Å². The first-order valence-electron chi connectivity index (χ1n) is 5.87. The topological polar surface area (TPSA) is 93.9 Å². The van der Waals surface area contributed by atoms with Gasteiger partial charge in [0.05, 0.1) is 17.2 Å². The molecule has 0 saturated carbocycles. The van der Waals surface area contributed by atoms with E-state index in [2.05, 4.69) is 15.0 Å². The zero-order valence-electron chi connectivity index (χ0n) is 10.7. The van der Waals surface area contributed by atoms with Gasteiger partial charge in [0, 0.05) is 6.07 Å². The monoisotopic (exact) mass is 248 g/mol. The molecule has 0 aliphatic carbocycles. The third-order valence-corrected chi connectivity index (χ3v) is 2.45. The van der Waals surface area contributed by atoms with Crippen molar-refractivity contribution in [2.24, 2.45) is 0 Å². The Labute approximate surface area is 104 Å². The van der Waals surface area contributed by atoms with Crippen molar-refractivity contribution < 1.29 is 4.74 Å². The molecule has 6 nitrogen and oxygen atoms in total. The maximum Gasteiger partial charge on any atom is 0.253 e. The summed E-state index contributed by atoms with van der Waals surface area (Å²) < 4.78 is 5.65. The zero-order chi connectivity index (χ0) is 13.3. The molecule has 0 atom stereocenters. The predicted molar refractivity (Wildman–Crippen MR) is 69.7 cm³/mol. The van der Waals surface area contributed by atoms with E-state index in [0.717, 1.165) is 11.1 Å². The highest BCUT2D eigenvalue weighted by Crippen LogP contribution is 2.25. The number of nitrogen functional groups attached to an aromatic ring is 1. The van der Waals surface area contributed by atoms with Crippen LogP contribution in [0.2, 0.25) is 0 Å². The summed E-state index contributed by atoms with van der Waals surface area (Å²) in [6, 6.07) is 1.42. The quantitative estimate of drug-likeness (QED) is 0.852. The Hall–Kier alpha value is -2.11. The number of hydrogen-bond acceptors (Lipinski definition) is 5. The highest BCUT2D eigenvalue weighted by Gasteiger charge is 2.13. The number of nitrogens with two attached hydrogens (primary N) is 1. The molecule has 96 valence electrons. The molecular formula is C12H16N4O2. The second kappa shape index (κ2) is 4.64. The molecule has 0 saturated heterocycles. The Morgan fingerprint density at radius 1 is 1.44 bits per heavy atom. The normalized spacial score (nSPS) is 11.1. The lowest BCUT2D eigenvalue weighted by Gasteiger charge is -2.13. The van der Waals surface area contributed by atoms with E-state index in [0.29, 0.717) is 17.8 Å². The van der Waals surface area contributed by atoms with Gasteiger partial charge >= 0.3 is 0 Å². The van der Waals surface area contributed by atoms with Crippen LogP contribution in [0, 0.1) is 0 Å². The number of anilines is 1. The smallest absolute Gasteiger partial charge is 0.253 e. The van der Waals surface area contributed by atoms with Gasteiger partial charge in [0.15, 0.2) is 0 Å². The summed E-state index contributed by atoms with van der Waals surface area (Å²) in [6.07, 6.45) is 0.654. The van der Waals surface area contributed by atoms with Gasteiger partial charge in [-0.3, -0.25) is 4.79 Å². The standard InChI is InChI=1S/C12H16N4O2/c1-4-7-10-8(18-6(2)3)5-9(17)15-11(10)16-12(13)14-7/h5-6H,4H2,1-3H3,(H3,13,14,15,16,17). The maximum absolute atomic E-state index is 11.6. The summed E-state index contributed by atoms with van der Waals surface area (Å²) >= 11 is 0. The lowest BCUT2D eigenvalue weighted by Crippen LogP contribution is -2.13. The highest BCUT2D eigenvalue weighted by atomic mass is 16.5. The number of nitrogens with zero attached hydrogens (tertiary/aromatic N) is 2. The van der Waals surface area contributed by atoms with Crippen LogP contribution >= 0.6 is 0 Å². The molecule has 0 aliphatic rings. The molecule has 2 heterocycles. The molecule has 18 heavy (non-hydrogen) atoms. The van der Waals surface area contributed by atoms with E-state index in [4.69, 9.17) is 10.5 Å². The Morgan fingerprint density at radius 3 is 2.78 bits per heavy atom. The van der Waals surface area contributed by atoms with Crippen molar-refractivity contribution in [2.75, 3.05) is 5.73 Å². The van der Waals surface area contributed by atoms with Gasteiger partial charge in [-0.15, -0.1) is 0 Å². The number of pyridine rings is 1. The van der Waals surface area contributed by atoms with Crippen LogP contribution in [-0.2, 0) is 6.42 Å². The third-order valence-electron chi connectivity index (χ3n) is 2.45. The number of nitrogens with one attached hydrogen (secondary N) is 1. The number of ether oxygens (including phenoxy) is 1. The van der Waals surface area contributed by atoms with E-state index in [1.165, 1.54) is 6.07 Å². The summed E-state index contributed by atoms with van der Waals surface area (Å²) in [4.78, 5) is 22.4. The van der Waals surface area contributed by atoms with Crippen molar-refractivity contribution >= 4 is 17.0 Å². The maximum atomic E-state index is 11.6. The number of fused-ring (bicyclic) bond motifs is 1. The predicted octanol–water partition coefficient (Wildman–Crippen LogP) is 1.25. The van der Waals surface area contributed by atoms with Crippen LogP contribution in [-0.4, -0.2) is 21.1 Å². The van der Waals surface area contributed by atoms with Crippen LogP contribution in [0.5, 0.6) is 5.75 Å². The summed E-state index contributed by atoms with van der Waals surface area (Å²) in [5.41, 5.74) is 6.54. The number of H-pyrrole nitrogens is 1. The average Bonchev–Trinajstić information content (AvgIpc) is 2.25. The number of aryl methyl sites for hydroxylation is 1. The molecular weight excluding hydrogens is 232 g/mol. The van der Waals surface area contributed by atoms with E-state index in [-0.39, 0.29) is 17.6 Å². The number of hydrogen-bond donors (Lipinski definition) is 2. The summed E-state index contributed by atoms with van der Waals surface area (Å²) in [5, 5.41) is 0.722. The molecule has 0 aromatic carbocycles. The van der Waals surface area contributed by atoms with Crippen molar-refractivity contribution in [3.63, 3.8) is 0 Å². The zero-order valence-corrected chi connectivity index (χ0v) is 10.7. The molecule has 3 N–H and O–H groups in total. The SMILES string of the molecule is CCc1nc(N)nc2[nH]c(=O)cc(OC(C)C)c12. The molecule has 0 spiro atoms. The Bertz CT molecular complexity index is 634. The van der Waals surface area contributed by atoms with E-state index in [1.807, 2.05) is 20.8 Å². The van der Waals surface area contributed by atoms with E-state index in [9.17, 15) is 4.79 Å². The molecule has 0 radical (unpaired) electrons. The molecule has 0 aliphatic heterocycles. The van der Waals surface area contributed by atoms with E-state index >= 15 is 0 Å². The van der Waals surface area contributed by atoms with Gasteiger partial charge in [0.2, 0.25) is 5.95 Å². The second-order valence-electron chi connectivity index (χ2n) is 4.27. The van der Waals surface area contributed by atoms with Gasteiger partial charge in [0.25, 0.3) is 5.56 Å². The van der Waals surface area contributed by atoms with Gasteiger partial charge < -0.3 is 15.5 Å². The fourth-order valence-corrected chi connectivity index (χ4v) is 1.82. The fourth-order valence-electron chi connectivity index (χ4n) is 1.82. The van der Waals surface area contributed by atoms with Crippen molar-refractivity contribution in [1.82, 2.24) is 15.0 Å². The number of aromatic nitrogens is 3. The van der Waals surface area contributed by atoms with Crippen LogP contribution < -0.4 is 16.0 Å². The largest absolute Gasteiger partial charge is 0.490 e. The van der Waals surface area contributed by atoms with Gasteiger partial charge in [-0.2, -0.15) is 4.98 Å². The fraction of sp³-hybridized carbons (Fsp3) is 0.417. The van der Waals surface area contributed by atoms with Crippen LogP contribution in [0.4, 0.5) is 5.95 Å². The molecule has 0 amide bonds. The average molecular weight is 248 g/mol. The van der Waals surface area contributed by atoms with E-state index in [1.54, 1.807) is 0 Å². The highest BCUT2D eigenvalue weighted by molar-refractivity contribution is 5.84. The van der Waals surface area contributed by atoms with Crippen LogP contribution in [0.15, 0.2) is 10.9 Å². The van der Waals surface area contributed by atoms with Crippen LogP contribution in [0.25, 0.3) is 11.0 Å². The molecule has 2 rings (SSSR count). The summed E-state index contributed by atoms with van der Waals surface area (Å²) in [7, 11) is 0. The number of aromatic amines is 1. The molecule has 0 bridgehead atoms. The molecule has 6 heteroatoms. The van der Waals surface area contributed by atoms with E-state index < -0.39 is 0 Å². The lowest BCUT2D eigenvalue weighted by molar-refractivity contribution is 0.245.